The van der Waals surface area contributed by atoms with Gasteiger partial charge in [-0.2, -0.15) is 0 Å². The van der Waals surface area contributed by atoms with E-state index >= 15 is 0 Å². The van der Waals surface area contributed by atoms with Crippen LogP contribution in [-0.4, -0.2) is 17.1 Å². The first-order valence-electron chi connectivity index (χ1n) is 6.13. The molecule has 1 aromatic rings. The molecule has 1 heterocycles. The first-order valence-corrected chi connectivity index (χ1v) is 6.13. The average Bonchev–Trinajstić information content (AvgIpc) is 2.58. The van der Waals surface area contributed by atoms with Gasteiger partial charge in [-0.25, -0.2) is 10.4 Å². The predicted octanol–water partition coefficient (Wildman–Crippen LogP) is 1.80. The molecular formula is C13H16N2O2. The van der Waals surface area contributed by atoms with E-state index in [9.17, 15) is 9.90 Å². The number of hydrazine groups is 1. The summed E-state index contributed by atoms with van der Waals surface area (Å²) in [6.45, 7) is 0. The van der Waals surface area contributed by atoms with Crippen molar-refractivity contribution in [3.8, 4) is 5.75 Å². The Morgan fingerprint density at radius 2 is 2.06 bits per heavy atom. The highest BCUT2D eigenvalue weighted by Crippen LogP contribution is 2.35. The maximum atomic E-state index is 11.9. The highest BCUT2D eigenvalue weighted by atomic mass is 16.3. The minimum atomic E-state index is 0.0448. The second-order valence-corrected chi connectivity index (χ2v) is 4.85. The Hall–Kier alpha value is -1.55. The number of phenolic OH excluding ortho intramolecular Hbond substituents is 1. The van der Waals surface area contributed by atoms with Crippen LogP contribution in [0.1, 0.15) is 25.7 Å². The Morgan fingerprint density at radius 1 is 1.29 bits per heavy atom. The molecule has 1 saturated carbocycles. The monoisotopic (exact) mass is 232 g/mol. The third-order valence-corrected chi connectivity index (χ3v) is 3.78. The Balaban J connectivity index is 1.80. The Bertz CT molecular complexity index is 443. The number of phenols is 1. The molecule has 4 nitrogen and oxygen atoms in total. The zero-order valence-electron chi connectivity index (χ0n) is 9.60. The molecule has 3 rings (SSSR count). The van der Waals surface area contributed by atoms with Crippen LogP contribution in [0.3, 0.4) is 0 Å². The van der Waals surface area contributed by atoms with Gasteiger partial charge in [-0.05, 0) is 30.9 Å². The van der Waals surface area contributed by atoms with Gasteiger partial charge in [-0.15, -0.1) is 0 Å². The number of carbonyl (C=O) groups excluding carboxylic acids is 1. The van der Waals surface area contributed by atoms with Crippen molar-refractivity contribution in [3.63, 3.8) is 0 Å². The number of amides is 1. The molecule has 0 radical (unpaired) electrons. The molecule has 1 amide bonds. The number of carbonyl (C=O) groups is 1. The van der Waals surface area contributed by atoms with Crippen molar-refractivity contribution in [1.82, 2.24) is 5.43 Å². The number of nitrogens with zero attached hydrogens (tertiary/aromatic N) is 1. The van der Waals surface area contributed by atoms with Gasteiger partial charge in [0, 0.05) is 12.5 Å². The number of hydrogen-bond acceptors (Lipinski definition) is 3. The lowest BCUT2D eigenvalue weighted by Gasteiger charge is -2.31. The summed E-state index contributed by atoms with van der Waals surface area (Å²) < 4.78 is 0. The second-order valence-electron chi connectivity index (χ2n) is 4.85. The first-order chi connectivity index (χ1) is 8.25. The molecule has 2 fully saturated rings. The van der Waals surface area contributed by atoms with Gasteiger partial charge in [0.25, 0.3) is 0 Å². The number of hydrogen-bond donors (Lipinski definition) is 2. The van der Waals surface area contributed by atoms with Crippen molar-refractivity contribution in [2.75, 3.05) is 5.01 Å². The van der Waals surface area contributed by atoms with Crippen molar-refractivity contribution < 1.29 is 9.90 Å². The largest absolute Gasteiger partial charge is 0.506 e. The molecule has 1 aromatic carbocycles. The van der Waals surface area contributed by atoms with Gasteiger partial charge < -0.3 is 5.11 Å². The van der Waals surface area contributed by atoms with Crippen LogP contribution >= 0.6 is 0 Å². The van der Waals surface area contributed by atoms with E-state index in [1.54, 1.807) is 18.2 Å². The molecule has 4 heteroatoms. The number of benzene rings is 1. The normalized spacial score (nSPS) is 25.1. The molecule has 1 saturated heterocycles. The summed E-state index contributed by atoms with van der Waals surface area (Å²) in [5.41, 5.74) is 3.78. The number of aromatic hydroxyl groups is 1. The molecule has 17 heavy (non-hydrogen) atoms. The van der Waals surface area contributed by atoms with Crippen LogP contribution in [0.15, 0.2) is 24.3 Å². The van der Waals surface area contributed by atoms with Crippen LogP contribution in [0.4, 0.5) is 5.69 Å². The van der Waals surface area contributed by atoms with Gasteiger partial charge in [-0.1, -0.05) is 18.6 Å². The third-order valence-electron chi connectivity index (χ3n) is 3.78. The second kappa shape index (κ2) is 4.04. The zero-order valence-corrected chi connectivity index (χ0v) is 9.60. The number of para-hydroxylation sites is 2. The molecule has 1 aliphatic carbocycles. The smallest absolute Gasteiger partial charge is 0.243 e. The first kappa shape index (κ1) is 10.6. The molecule has 0 aromatic heterocycles. The van der Waals surface area contributed by atoms with Gasteiger partial charge in [0.15, 0.2) is 0 Å². The Morgan fingerprint density at radius 3 is 2.71 bits per heavy atom. The van der Waals surface area contributed by atoms with E-state index < -0.39 is 0 Å². The van der Waals surface area contributed by atoms with E-state index in [1.165, 1.54) is 24.3 Å². The van der Waals surface area contributed by atoms with Crippen LogP contribution in [0.2, 0.25) is 0 Å². The standard InChI is InChI=1S/C13H16N2O2/c16-12-7-2-1-6-11(12)15-13(17)8-10(14-15)9-4-3-5-9/h1-2,6-7,9-10,14,16H,3-5,8H2. The van der Waals surface area contributed by atoms with Gasteiger partial charge >= 0.3 is 0 Å². The van der Waals surface area contributed by atoms with Crippen LogP contribution in [0, 0.1) is 5.92 Å². The number of rotatable bonds is 2. The number of nitrogens with one attached hydrogen (secondary N) is 1. The molecule has 0 bridgehead atoms. The summed E-state index contributed by atoms with van der Waals surface area (Å²) in [5.74, 6) is 0.806. The minimum absolute atomic E-state index is 0.0448. The maximum Gasteiger partial charge on any atom is 0.243 e. The fourth-order valence-electron chi connectivity index (χ4n) is 2.53. The lowest BCUT2D eigenvalue weighted by Crippen LogP contribution is -2.42. The fourth-order valence-corrected chi connectivity index (χ4v) is 2.53. The summed E-state index contributed by atoms with van der Waals surface area (Å²) >= 11 is 0. The zero-order chi connectivity index (χ0) is 11.8. The van der Waals surface area contributed by atoms with E-state index in [0.717, 1.165) is 0 Å². The van der Waals surface area contributed by atoms with Crippen molar-refractivity contribution in [1.29, 1.82) is 0 Å². The molecular weight excluding hydrogens is 216 g/mol. The molecule has 90 valence electrons. The van der Waals surface area contributed by atoms with Crippen molar-refractivity contribution in [2.45, 2.75) is 31.7 Å². The lowest BCUT2D eigenvalue weighted by atomic mass is 9.79. The van der Waals surface area contributed by atoms with E-state index in [0.29, 0.717) is 18.0 Å². The molecule has 1 unspecified atom stereocenters. The molecule has 2 N–H and O–H groups in total. The van der Waals surface area contributed by atoms with Crippen molar-refractivity contribution >= 4 is 11.6 Å². The Labute approximate surface area is 100 Å². The van der Waals surface area contributed by atoms with E-state index in [2.05, 4.69) is 5.43 Å². The molecule has 0 spiro atoms. The fraction of sp³-hybridized carbons (Fsp3) is 0.462. The minimum Gasteiger partial charge on any atom is -0.506 e. The van der Waals surface area contributed by atoms with E-state index in [1.807, 2.05) is 6.07 Å². The molecule has 1 aliphatic heterocycles. The average molecular weight is 232 g/mol. The van der Waals surface area contributed by atoms with Crippen LogP contribution in [-0.2, 0) is 4.79 Å². The Kier molecular flexibility index (Phi) is 2.52. The third kappa shape index (κ3) is 1.78. The van der Waals surface area contributed by atoms with Gasteiger partial charge in [0.1, 0.15) is 11.4 Å². The molecule has 1 atom stereocenters. The highest BCUT2D eigenvalue weighted by molar-refractivity contribution is 5.96. The van der Waals surface area contributed by atoms with Gasteiger partial charge in [-0.3, -0.25) is 4.79 Å². The van der Waals surface area contributed by atoms with Crippen LogP contribution in [0.25, 0.3) is 0 Å². The maximum absolute atomic E-state index is 11.9. The summed E-state index contributed by atoms with van der Waals surface area (Å²) in [6.07, 6.45) is 4.23. The quantitative estimate of drug-likeness (QED) is 0.817. The SMILES string of the molecule is O=C1CC(C2CCC2)NN1c1ccccc1O. The lowest BCUT2D eigenvalue weighted by molar-refractivity contribution is -0.117. The summed E-state index contributed by atoms with van der Waals surface area (Å²) in [6, 6.07) is 7.17. The van der Waals surface area contributed by atoms with Gasteiger partial charge in [0.2, 0.25) is 5.91 Å². The van der Waals surface area contributed by atoms with E-state index in [-0.39, 0.29) is 17.7 Å². The summed E-state index contributed by atoms with van der Waals surface area (Å²) in [7, 11) is 0. The number of anilines is 1. The topological polar surface area (TPSA) is 52.6 Å². The van der Waals surface area contributed by atoms with Crippen LogP contribution < -0.4 is 10.4 Å². The predicted molar refractivity (Wildman–Crippen MR) is 64.5 cm³/mol. The summed E-state index contributed by atoms with van der Waals surface area (Å²) in [5, 5.41) is 11.2. The van der Waals surface area contributed by atoms with Crippen molar-refractivity contribution in [3.05, 3.63) is 24.3 Å². The van der Waals surface area contributed by atoms with E-state index in [4.69, 9.17) is 0 Å². The van der Waals surface area contributed by atoms with Crippen molar-refractivity contribution in [2.24, 2.45) is 5.92 Å². The summed E-state index contributed by atoms with van der Waals surface area (Å²) in [4.78, 5) is 11.9. The highest BCUT2D eigenvalue weighted by Gasteiger charge is 2.38. The molecule has 2 aliphatic rings. The van der Waals surface area contributed by atoms with Crippen LogP contribution in [0.5, 0.6) is 5.75 Å². The van der Waals surface area contributed by atoms with Gasteiger partial charge in [0.05, 0.1) is 0 Å².